The van der Waals surface area contributed by atoms with Gasteiger partial charge in [0.05, 0.1) is 0 Å². The molecule has 8 heteroatoms. The second-order valence-corrected chi connectivity index (χ2v) is 11.7. The molecule has 0 aliphatic carbocycles. The van der Waals surface area contributed by atoms with Gasteiger partial charge in [0.15, 0.2) is 5.16 Å². The van der Waals surface area contributed by atoms with E-state index in [0.717, 1.165) is 74.4 Å². The standard InChI is InChI=1S/C31H36ClN5OS/c1-24-13-16-36(17-14-24)29-22-28(32)33-31(34-29)39-23-26-9-11-27(12-10-26)30(38)37-20-18-35(19-21-37)15-5-8-25-6-3-2-4-7-25/h2-12,22,24H,13-21,23H2,1H3/b8-5+. The first kappa shape index (κ1) is 27.7. The van der Waals surface area contributed by atoms with Crippen LogP contribution < -0.4 is 4.90 Å². The number of amides is 1. The highest BCUT2D eigenvalue weighted by Crippen LogP contribution is 2.27. The van der Waals surface area contributed by atoms with E-state index in [0.29, 0.717) is 10.3 Å². The number of nitrogens with zero attached hydrogens (tertiary/aromatic N) is 5. The van der Waals surface area contributed by atoms with Gasteiger partial charge in [0, 0.05) is 63.2 Å². The molecule has 2 fully saturated rings. The quantitative estimate of drug-likeness (QED) is 0.187. The van der Waals surface area contributed by atoms with Crippen molar-refractivity contribution in [1.82, 2.24) is 19.8 Å². The van der Waals surface area contributed by atoms with Crippen molar-refractivity contribution in [3.05, 3.63) is 88.6 Å². The van der Waals surface area contributed by atoms with Crippen LogP contribution in [0.2, 0.25) is 5.15 Å². The van der Waals surface area contributed by atoms with Crippen molar-refractivity contribution in [3.63, 3.8) is 0 Å². The minimum atomic E-state index is 0.104. The summed E-state index contributed by atoms with van der Waals surface area (Å²) in [5, 5.41) is 1.17. The summed E-state index contributed by atoms with van der Waals surface area (Å²) in [4.78, 5) is 28.9. The van der Waals surface area contributed by atoms with E-state index in [1.165, 1.54) is 18.4 Å². The lowest BCUT2D eigenvalue weighted by Crippen LogP contribution is -2.48. The Morgan fingerprint density at radius 2 is 1.69 bits per heavy atom. The molecule has 0 unspecified atom stereocenters. The molecule has 39 heavy (non-hydrogen) atoms. The zero-order valence-electron chi connectivity index (χ0n) is 22.5. The summed E-state index contributed by atoms with van der Waals surface area (Å²) in [6, 6.07) is 20.1. The summed E-state index contributed by atoms with van der Waals surface area (Å²) < 4.78 is 0. The van der Waals surface area contributed by atoms with Crippen molar-refractivity contribution in [1.29, 1.82) is 0 Å². The van der Waals surface area contributed by atoms with E-state index in [-0.39, 0.29) is 5.91 Å². The van der Waals surface area contributed by atoms with E-state index in [2.05, 4.69) is 58.1 Å². The molecule has 0 spiro atoms. The van der Waals surface area contributed by atoms with E-state index in [1.54, 1.807) is 11.8 Å². The number of hydrogen-bond acceptors (Lipinski definition) is 6. The Morgan fingerprint density at radius 1 is 0.974 bits per heavy atom. The van der Waals surface area contributed by atoms with Gasteiger partial charge in [-0.3, -0.25) is 9.69 Å². The Kier molecular flexibility index (Phi) is 9.56. The maximum absolute atomic E-state index is 13.1. The summed E-state index contributed by atoms with van der Waals surface area (Å²) in [7, 11) is 0. The summed E-state index contributed by atoms with van der Waals surface area (Å²) in [5.41, 5.74) is 3.08. The molecule has 3 heterocycles. The number of carbonyl (C=O) groups excluding carboxylic acids is 1. The molecule has 0 bridgehead atoms. The molecule has 0 saturated carbocycles. The summed E-state index contributed by atoms with van der Waals surface area (Å²) in [6.45, 7) is 8.49. The number of hydrogen-bond donors (Lipinski definition) is 0. The van der Waals surface area contributed by atoms with Crippen molar-refractivity contribution >= 4 is 41.2 Å². The van der Waals surface area contributed by atoms with Crippen LogP contribution in [0.15, 0.2) is 71.9 Å². The highest BCUT2D eigenvalue weighted by atomic mass is 35.5. The van der Waals surface area contributed by atoms with Gasteiger partial charge in [0.25, 0.3) is 5.91 Å². The highest BCUT2D eigenvalue weighted by Gasteiger charge is 2.22. The van der Waals surface area contributed by atoms with Gasteiger partial charge in [-0.1, -0.05) is 84.9 Å². The van der Waals surface area contributed by atoms with E-state index in [4.69, 9.17) is 16.6 Å². The van der Waals surface area contributed by atoms with Gasteiger partial charge in [0.2, 0.25) is 0 Å². The summed E-state index contributed by atoms with van der Waals surface area (Å²) >= 11 is 7.90. The fourth-order valence-electron chi connectivity index (χ4n) is 4.96. The Morgan fingerprint density at radius 3 is 2.41 bits per heavy atom. The van der Waals surface area contributed by atoms with Gasteiger partial charge in [0.1, 0.15) is 11.0 Å². The first-order valence-corrected chi connectivity index (χ1v) is 15.1. The van der Waals surface area contributed by atoms with Gasteiger partial charge in [-0.25, -0.2) is 9.97 Å². The molecule has 2 aliphatic rings. The van der Waals surface area contributed by atoms with Gasteiger partial charge in [-0.2, -0.15) is 0 Å². The molecule has 2 aromatic carbocycles. The molecule has 0 atom stereocenters. The fraction of sp³-hybridized carbons (Fsp3) is 0.387. The van der Waals surface area contributed by atoms with Crippen molar-refractivity contribution < 1.29 is 4.79 Å². The predicted molar refractivity (Wildman–Crippen MR) is 161 cm³/mol. The molecule has 3 aromatic rings. The second-order valence-electron chi connectivity index (χ2n) is 10.4. The van der Waals surface area contributed by atoms with Crippen LogP contribution in [0.25, 0.3) is 6.08 Å². The molecule has 1 aromatic heterocycles. The molecule has 1 amide bonds. The van der Waals surface area contributed by atoms with Crippen LogP contribution in [0.5, 0.6) is 0 Å². The minimum Gasteiger partial charge on any atom is -0.356 e. The number of piperazine rings is 1. The summed E-state index contributed by atoms with van der Waals surface area (Å²) in [5.74, 6) is 2.50. The third kappa shape index (κ3) is 7.84. The maximum atomic E-state index is 13.1. The Bertz CT molecular complexity index is 1250. The predicted octanol–water partition coefficient (Wildman–Crippen LogP) is 6.13. The molecule has 6 nitrogen and oxygen atoms in total. The molecule has 5 rings (SSSR count). The van der Waals surface area contributed by atoms with Crippen molar-refractivity contribution in [2.45, 2.75) is 30.7 Å². The van der Waals surface area contributed by atoms with Crippen molar-refractivity contribution in [2.75, 3.05) is 50.7 Å². The first-order valence-electron chi connectivity index (χ1n) is 13.8. The Labute approximate surface area is 241 Å². The van der Waals surface area contributed by atoms with E-state index in [1.807, 2.05) is 41.3 Å². The van der Waals surface area contributed by atoms with Crippen molar-refractivity contribution in [2.24, 2.45) is 5.92 Å². The lowest BCUT2D eigenvalue weighted by atomic mass is 9.99. The molecule has 2 saturated heterocycles. The zero-order chi connectivity index (χ0) is 27.0. The Hall–Kier alpha value is -2.87. The first-order chi connectivity index (χ1) is 19.0. The molecule has 0 N–H and O–H groups in total. The van der Waals surface area contributed by atoms with Crippen LogP contribution in [-0.2, 0) is 5.75 Å². The highest BCUT2D eigenvalue weighted by molar-refractivity contribution is 7.98. The number of carbonyl (C=O) groups is 1. The van der Waals surface area contributed by atoms with Crippen LogP contribution in [0.4, 0.5) is 5.82 Å². The molecular weight excluding hydrogens is 526 g/mol. The molecule has 0 radical (unpaired) electrons. The Balaban J connectivity index is 1.09. The SMILES string of the molecule is CC1CCN(c2cc(Cl)nc(SCc3ccc(C(=O)N4CCN(C/C=C/c5ccccc5)CC4)cc3)n2)CC1. The number of benzene rings is 2. The average molecular weight is 562 g/mol. The van der Waals surface area contributed by atoms with Gasteiger partial charge >= 0.3 is 0 Å². The van der Waals surface area contributed by atoms with Gasteiger partial charge in [-0.05, 0) is 42.0 Å². The molecule has 2 aliphatic heterocycles. The second kappa shape index (κ2) is 13.5. The topological polar surface area (TPSA) is 52.6 Å². The van der Waals surface area contributed by atoms with Gasteiger partial charge in [-0.15, -0.1) is 0 Å². The monoisotopic (exact) mass is 561 g/mol. The van der Waals surface area contributed by atoms with Crippen molar-refractivity contribution in [3.8, 4) is 0 Å². The third-order valence-corrected chi connectivity index (χ3v) is 8.58. The number of piperidine rings is 1. The maximum Gasteiger partial charge on any atom is 0.253 e. The molecular formula is C31H36ClN5OS. The third-order valence-electron chi connectivity index (χ3n) is 7.47. The zero-order valence-corrected chi connectivity index (χ0v) is 24.1. The smallest absolute Gasteiger partial charge is 0.253 e. The van der Waals surface area contributed by atoms with Crippen LogP contribution >= 0.6 is 23.4 Å². The lowest BCUT2D eigenvalue weighted by molar-refractivity contribution is 0.0650. The summed E-state index contributed by atoms with van der Waals surface area (Å²) in [6.07, 6.45) is 6.71. The van der Waals surface area contributed by atoms with Crippen LogP contribution in [0, 0.1) is 5.92 Å². The van der Waals surface area contributed by atoms with Gasteiger partial charge < -0.3 is 9.80 Å². The van der Waals surface area contributed by atoms with E-state index >= 15 is 0 Å². The van der Waals surface area contributed by atoms with E-state index in [9.17, 15) is 4.79 Å². The lowest BCUT2D eigenvalue weighted by Gasteiger charge is -2.34. The average Bonchev–Trinajstić information content (AvgIpc) is 2.97. The number of thioether (sulfide) groups is 1. The van der Waals surface area contributed by atoms with Crippen LogP contribution in [0.1, 0.15) is 41.3 Å². The van der Waals surface area contributed by atoms with Crippen LogP contribution in [0.3, 0.4) is 0 Å². The molecule has 204 valence electrons. The van der Waals surface area contributed by atoms with E-state index < -0.39 is 0 Å². The minimum absolute atomic E-state index is 0.104. The number of rotatable bonds is 8. The fourth-order valence-corrected chi connectivity index (χ4v) is 6.00. The number of anilines is 1. The number of aromatic nitrogens is 2. The number of halogens is 1. The normalized spacial score (nSPS) is 17.2. The largest absolute Gasteiger partial charge is 0.356 e. The van der Waals surface area contributed by atoms with Crippen LogP contribution in [-0.4, -0.2) is 71.5 Å².